The number of amides is 3. The normalized spacial score (nSPS) is 14.9. The number of hydrogen-bond acceptors (Lipinski definition) is 7. The van der Waals surface area contributed by atoms with E-state index in [1.807, 2.05) is 29.8 Å². The van der Waals surface area contributed by atoms with Crippen LogP contribution in [0.25, 0.3) is 0 Å². The third-order valence-electron chi connectivity index (χ3n) is 6.57. The van der Waals surface area contributed by atoms with Crippen LogP contribution in [0.4, 0.5) is 0 Å². The minimum Gasteiger partial charge on any atom is -0.480 e. The van der Waals surface area contributed by atoms with Crippen molar-refractivity contribution in [3.8, 4) is 11.5 Å². The summed E-state index contributed by atoms with van der Waals surface area (Å²) in [6.45, 7) is 1.11. The molecule has 3 aromatic rings. The van der Waals surface area contributed by atoms with Gasteiger partial charge < -0.3 is 20.1 Å². The van der Waals surface area contributed by atoms with Gasteiger partial charge in [-0.1, -0.05) is 55.8 Å². The van der Waals surface area contributed by atoms with Gasteiger partial charge in [0, 0.05) is 18.7 Å². The number of aliphatic carboxylic acids is 1. The molecule has 226 valence electrons. The number of para-hydroxylation sites is 1. The molecule has 1 unspecified atom stereocenters. The average Bonchev–Trinajstić information content (AvgIpc) is 3.23. The van der Waals surface area contributed by atoms with Crippen LogP contribution >= 0.6 is 0 Å². The lowest BCUT2D eigenvalue weighted by Gasteiger charge is -2.30. The number of carbonyl (C=O) groups excluding carboxylic acids is 3. The van der Waals surface area contributed by atoms with Crippen LogP contribution in [-0.2, 0) is 31.1 Å². The number of benzene rings is 3. The molecule has 0 aromatic heterocycles. The summed E-state index contributed by atoms with van der Waals surface area (Å²) in [4.78, 5) is 51.8. The number of rotatable bonds is 13. The van der Waals surface area contributed by atoms with E-state index in [0.29, 0.717) is 35.6 Å². The number of hydrogen-bond donors (Lipinski definition) is 3. The highest BCUT2D eigenvalue weighted by Gasteiger charge is 2.35. The lowest BCUT2D eigenvalue weighted by Crippen LogP contribution is -2.46. The van der Waals surface area contributed by atoms with Gasteiger partial charge in [-0.15, -0.1) is 0 Å². The van der Waals surface area contributed by atoms with Gasteiger partial charge in [-0.25, -0.2) is 4.72 Å². The molecule has 0 spiro atoms. The first-order chi connectivity index (χ1) is 20.6. The van der Waals surface area contributed by atoms with Crippen LogP contribution < -0.4 is 14.8 Å². The van der Waals surface area contributed by atoms with Crippen molar-refractivity contribution >= 4 is 33.9 Å². The van der Waals surface area contributed by atoms with Crippen molar-refractivity contribution in [1.29, 1.82) is 0 Å². The lowest BCUT2D eigenvalue weighted by molar-refractivity contribution is -0.139. The molecule has 3 N–H and O–H groups in total. The number of unbranched alkanes of at least 4 members (excludes halogenated alkanes) is 1. The van der Waals surface area contributed by atoms with Crippen LogP contribution in [-0.4, -0.2) is 66.1 Å². The van der Waals surface area contributed by atoms with Crippen LogP contribution in [0.2, 0.25) is 0 Å². The summed E-state index contributed by atoms with van der Waals surface area (Å²) in [7, 11) is -3.93. The Morgan fingerprint density at radius 1 is 1.02 bits per heavy atom. The molecule has 0 radical (unpaired) electrons. The van der Waals surface area contributed by atoms with Crippen molar-refractivity contribution in [3.05, 3.63) is 95.6 Å². The van der Waals surface area contributed by atoms with E-state index in [2.05, 4.69) is 5.32 Å². The maximum atomic E-state index is 13.8. The second kappa shape index (κ2) is 13.9. The van der Waals surface area contributed by atoms with Crippen LogP contribution in [0.15, 0.2) is 78.9 Å². The number of carboxylic acid groups (broad SMARTS) is 1. The predicted octanol–water partition coefficient (Wildman–Crippen LogP) is 2.84. The highest BCUT2D eigenvalue weighted by atomic mass is 32.2. The number of ether oxygens (including phenoxy) is 1. The standard InChI is InChI=1S/C30H32N4O8S/c1-2-3-16-31-29(38)28(23-8-7-11-25(17-23)42-24-9-5-4-6-10-24)34(20-27(36)37)30(39)22-14-12-21(13-15-22)18-33-19-26(35)32-43(33,40)41/h4-15,17,28H,2-3,16,18-20H2,1H3,(H,31,38)(H,32,35)(H,36,37). The quantitative estimate of drug-likeness (QED) is 0.250. The second-order valence-corrected chi connectivity index (χ2v) is 11.5. The maximum Gasteiger partial charge on any atom is 0.323 e. The third-order valence-corrected chi connectivity index (χ3v) is 7.99. The molecule has 0 aliphatic carbocycles. The summed E-state index contributed by atoms with van der Waals surface area (Å²) >= 11 is 0. The number of nitrogens with one attached hydrogen (secondary N) is 2. The molecule has 12 nitrogen and oxygen atoms in total. The number of carbonyl (C=O) groups is 4. The fraction of sp³-hybridized carbons (Fsp3) is 0.267. The summed E-state index contributed by atoms with van der Waals surface area (Å²) in [5.41, 5.74) is 0.942. The van der Waals surface area contributed by atoms with E-state index >= 15 is 0 Å². The molecule has 43 heavy (non-hydrogen) atoms. The minimum absolute atomic E-state index is 0.0894. The van der Waals surface area contributed by atoms with Gasteiger partial charge in [0.05, 0.1) is 6.54 Å². The average molecular weight is 609 g/mol. The Kier molecular flexibility index (Phi) is 10.1. The highest BCUT2D eigenvalue weighted by molar-refractivity contribution is 7.88. The Labute approximate surface area is 249 Å². The molecule has 1 fully saturated rings. The summed E-state index contributed by atoms with van der Waals surface area (Å²) in [5, 5.41) is 12.6. The molecule has 0 bridgehead atoms. The lowest BCUT2D eigenvalue weighted by atomic mass is 10.0. The molecule has 1 aliphatic rings. The van der Waals surface area contributed by atoms with Crippen LogP contribution in [0.1, 0.15) is 47.3 Å². The van der Waals surface area contributed by atoms with E-state index in [1.54, 1.807) is 36.4 Å². The number of nitrogens with zero attached hydrogens (tertiary/aromatic N) is 2. The van der Waals surface area contributed by atoms with E-state index in [9.17, 15) is 32.7 Å². The van der Waals surface area contributed by atoms with Gasteiger partial charge in [0.2, 0.25) is 11.8 Å². The first kappa shape index (κ1) is 31.2. The van der Waals surface area contributed by atoms with Crippen molar-refractivity contribution in [1.82, 2.24) is 19.2 Å². The minimum atomic E-state index is -3.93. The molecule has 0 saturated carbocycles. The number of carboxylic acids is 1. The Bertz CT molecular complexity index is 1580. The fourth-order valence-corrected chi connectivity index (χ4v) is 5.59. The molecular weight excluding hydrogens is 576 g/mol. The van der Waals surface area contributed by atoms with Gasteiger partial charge in [-0.2, -0.15) is 12.7 Å². The van der Waals surface area contributed by atoms with E-state index in [0.717, 1.165) is 15.6 Å². The van der Waals surface area contributed by atoms with Crippen LogP contribution in [0.5, 0.6) is 11.5 Å². The van der Waals surface area contributed by atoms with Crippen LogP contribution in [0.3, 0.4) is 0 Å². The van der Waals surface area contributed by atoms with Gasteiger partial charge in [0.25, 0.3) is 5.91 Å². The third kappa shape index (κ3) is 8.17. The zero-order valence-corrected chi connectivity index (χ0v) is 24.2. The van der Waals surface area contributed by atoms with E-state index in [4.69, 9.17) is 4.74 Å². The van der Waals surface area contributed by atoms with Gasteiger partial charge in [-0.05, 0) is 53.9 Å². The second-order valence-electron chi connectivity index (χ2n) is 9.86. The van der Waals surface area contributed by atoms with E-state index in [-0.39, 0.29) is 18.7 Å². The smallest absolute Gasteiger partial charge is 0.323 e. The Morgan fingerprint density at radius 2 is 1.72 bits per heavy atom. The highest BCUT2D eigenvalue weighted by Crippen LogP contribution is 2.29. The molecule has 1 heterocycles. The van der Waals surface area contributed by atoms with Crippen LogP contribution in [0, 0.1) is 0 Å². The largest absolute Gasteiger partial charge is 0.480 e. The summed E-state index contributed by atoms with van der Waals surface area (Å²) in [6, 6.07) is 20.1. The zero-order chi connectivity index (χ0) is 31.0. The van der Waals surface area contributed by atoms with Crippen molar-refractivity contribution in [3.63, 3.8) is 0 Å². The molecule has 1 atom stereocenters. The molecule has 3 amide bonds. The molecule has 1 aliphatic heterocycles. The van der Waals surface area contributed by atoms with Crippen molar-refractivity contribution < 1.29 is 37.4 Å². The summed E-state index contributed by atoms with van der Waals surface area (Å²) < 4.78 is 32.9. The molecule has 4 rings (SSSR count). The Balaban J connectivity index is 1.64. The maximum absolute atomic E-state index is 13.8. The molecular formula is C30H32N4O8S. The van der Waals surface area contributed by atoms with Crippen molar-refractivity contribution in [2.45, 2.75) is 32.4 Å². The summed E-state index contributed by atoms with van der Waals surface area (Å²) in [5.74, 6) is -2.27. The first-order valence-corrected chi connectivity index (χ1v) is 15.0. The molecule has 1 saturated heterocycles. The SMILES string of the molecule is CCCCNC(=O)C(c1cccc(Oc2ccccc2)c1)N(CC(=O)O)C(=O)c1ccc(CN2CC(=O)NS2(=O)=O)cc1. The Hall–Kier alpha value is -4.75. The first-order valence-electron chi connectivity index (χ1n) is 13.6. The van der Waals surface area contributed by atoms with Gasteiger partial charge in [0.1, 0.15) is 24.1 Å². The van der Waals surface area contributed by atoms with Crippen molar-refractivity contribution in [2.75, 3.05) is 19.6 Å². The molecule has 13 heteroatoms. The monoisotopic (exact) mass is 608 g/mol. The van der Waals surface area contributed by atoms with Gasteiger partial charge in [0.15, 0.2) is 0 Å². The van der Waals surface area contributed by atoms with E-state index in [1.165, 1.54) is 24.3 Å². The van der Waals surface area contributed by atoms with Crippen molar-refractivity contribution in [2.24, 2.45) is 0 Å². The summed E-state index contributed by atoms with van der Waals surface area (Å²) in [6.07, 6.45) is 1.51. The Morgan fingerprint density at radius 3 is 2.35 bits per heavy atom. The van der Waals surface area contributed by atoms with E-state index < -0.39 is 46.5 Å². The zero-order valence-electron chi connectivity index (χ0n) is 23.4. The van der Waals surface area contributed by atoms with Gasteiger partial charge in [-0.3, -0.25) is 19.2 Å². The predicted molar refractivity (Wildman–Crippen MR) is 156 cm³/mol. The van der Waals surface area contributed by atoms with Gasteiger partial charge >= 0.3 is 16.2 Å². The topological polar surface area (TPSA) is 162 Å². The molecule has 3 aromatic carbocycles. The fourth-order valence-electron chi connectivity index (χ4n) is 4.51.